The van der Waals surface area contributed by atoms with Crippen LogP contribution in [0.4, 0.5) is 8.78 Å². The van der Waals surface area contributed by atoms with Crippen molar-refractivity contribution in [1.29, 1.82) is 0 Å². The number of hydrogen-bond donors (Lipinski definition) is 0. The van der Waals surface area contributed by atoms with Crippen molar-refractivity contribution in [3.8, 4) is 0 Å². The first-order chi connectivity index (χ1) is 14.0. The number of halogens is 2. The van der Waals surface area contributed by atoms with Crippen molar-refractivity contribution in [2.24, 2.45) is 5.92 Å². The van der Waals surface area contributed by atoms with Gasteiger partial charge in [0.2, 0.25) is 0 Å². The predicted octanol–water partition coefficient (Wildman–Crippen LogP) is 4.10. The Balaban J connectivity index is 1.68. The van der Waals surface area contributed by atoms with E-state index < -0.39 is 12.0 Å². The number of nitrogens with zero attached hydrogens (tertiary/aromatic N) is 1. The normalized spacial score (nSPS) is 26.7. The van der Waals surface area contributed by atoms with Crippen molar-refractivity contribution < 1.29 is 23.0 Å². The standard InChI is InChI=1S/C23H25F2NO3/c1-26-18-11-12-19(26)21(23(27)28-2)20(13-18)29-22(14-3-7-16(24)8-4-14)15-5-9-17(25)10-6-15/h3-10,18-22H,11-13H2,1-2H3/t18-,19+,20-,21-/m0/s1. The maximum atomic E-state index is 13.5. The summed E-state index contributed by atoms with van der Waals surface area (Å²) in [6.07, 6.45) is 1.80. The molecule has 0 amide bonds. The zero-order valence-electron chi connectivity index (χ0n) is 16.6. The Hall–Kier alpha value is -2.31. The fraction of sp³-hybridized carbons (Fsp3) is 0.435. The molecule has 2 bridgehead atoms. The van der Waals surface area contributed by atoms with Crippen molar-refractivity contribution in [1.82, 2.24) is 4.90 Å². The minimum Gasteiger partial charge on any atom is -0.469 e. The van der Waals surface area contributed by atoms with E-state index in [2.05, 4.69) is 4.90 Å². The number of hydrogen-bond acceptors (Lipinski definition) is 4. The third kappa shape index (κ3) is 3.91. The Morgan fingerprint density at radius 2 is 1.55 bits per heavy atom. The summed E-state index contributed by atoms with van der Waals surface area (Å²) in [5, 5.41) is 0. The molecule has 0 radical (unpaired) electrons. The topological polar surface area (TPSA) is 38.8 Å². The molecule has 0 saturated carbocycles. The van der Waals surface area contributed by atoms with Gasteiger partial charge >= 0.3 is 5.97 Å². The SMILES string of the molecule is COC(=O)[C@@H]1[C@@H](OC(c2ccc(F)cc2)c2ccc(F)cc2)C[C@@H]2CC[C@H]1N2C. The summed E-state index contributed by atoms with van der Waals surface area (Å²) in [6, 6.07) is 12.6. The molecule has 0 aliphatic carbocycles. The average molecular weight is 401 g/mol. The Bertz CT molecular complexity index is 810. The van der Waals surface area contributed by atoms with Gasteiger partial charge in [0, 0.05) is 12.1 Å². The van der Waals surface area contributed by atoms with Crippen LogP contribution in [0.3, 0.4) is 0 Å². The lowest BCUT2D eigenvalue weighted by molar-refractivity contribution is -0.162. The molecule has 2 aliphatic rings. The molecule has 0 aromatic heterocycles. The van der Waals surface area contributed by atoms with E-state index in [1.807, 2.05) is 7.05 Å². The van der Waals surface area contributed by atoms with E-state index >= 15 is 0 Å². The van der Waals surface area contributed by atoms with Crippen molar-refractivity contribution >= 4 is 5.97 Å². The number of esters is 1. The molecule has 2 saturated heterocycles. The minimum absolute atomic E-state index is 0.0771. The van der Waals surface area contributed by atoms with Crippen LogP contribution in [-0.2, 0) is 14.3 Å². The van der Waals surface area contributed by atoms with Gasteiger partial charge in [0.1, 0.15) is 17.7 Å². The van der Waals surface area contributed by atoms with Gasteiger partial charge < -0.3 is 9.47 Å². The number of carbonyl (C=O) groups excluding carboxylic acids is 1. The highest BCUT2D eigenvalue weighted by Gasteiger charge is 2.50. The smallest absolute Gasteiger partial charge is 0.312 e. The molecular formula is C23H25F2NO3. The van der Waals surface area contributed by atoms with Crippen LogP contribution in [0.1, 0.15) is 36.5 Å². The highest BCUT2D eigenvalue weighted by molar-refractivity contribution is 5.74. The third-order valence-electron chi connectivity index (χ3n) is 6.34. The van der Waals surface area contributed by atoms with Gasteiger partial charge in [-0.05, 0) is 61.7 Å². The lowest BCUT2D eigenvalue weighted by atomic mass is 9.87. The maximum absolute atomic E-state index is 13.5. The van der Waals surface area contributed by atoms with Gasteiger partial charge in [-0.3, -0.25) is 9.69 Å². The number of methoxy groups -OCH3 is 1. The summed E-state index contributed by atoms with van der Waals surface area (Å²) in [6.45, 7) is 0. The van der Waals surface area contributed by atoms with Gasteiger partial charge in [-0.25, -0.2) is 8.78 Å². The van der Waals surface area contributed by atoms with Crippen molar-refractivity contribution in [2.45, 2.75) is 43.6 Å². The molecule has 4 nitrogen and oxygen atoms in total. The summed E-state index contributed by atoms with van der Waals surface area (Å²) < 4.78 is 38.6. The highest BCUT2D eigenvalue weighted by Crippen LogP contribution is 2.42. The average Bonchev–Trinajstić information content (AvgIpc) is 2.96. The first kappa shape index (κ1) is 20.0. The monoisotopic (exact) mass is 401 g/mol. The Labute approximate surface area is 169 Å². The van der Waals surface area contributed by atoms with E-state index in [1.165, 1.54) is 31.4 Å². The zero-order valence-corrected chi connectivity index (χ0v) is 16.6. The van der Waals surface area contributed by atoms with Crippen LogP contribution in [0, 0.1) is 17.6 Å². The molecule has 2 aromatic carbocycles. The number of rotatable bonds is 5. The van der Waals surface area contributed by atoms with E-state index in [1.54, 1.807) is 24.3 Å². The molecule has 4 atom stereocenters. The molecule has 2 fully saturated rings. The van der Waals surface area contributed by atoms with Gasteiger partial charge in [-0.15, -0.1) is 0 Å². The Kier molecular flexibility index (Phi) is 5.65. The second-order valence-corrected chi connectivity index (χ2v) is 7.91. The molecule has 6 heteroatoms. The summed E-state index contributed by atoms with van der Waals surface area (Å²) in [5.41, 5.74) is 1.51. The molecule has 29 heavy (non-hydrogen) atoms. The maximum Gasteiger partial charge on any atom is 0.312 e. The van der Waals surface area contributed by atoms with Crippen LogP contribution >= 0.6 is 0 Å². The predicted molar refractivity (Wildman–Crippen MR) is 104 cm³/mol. The fourth-order valence-corrected chi connectivity index (χ4v) is 4.81. The van der Waals surface area contributed by atoms with E-state index in [-0.39, 0.29) is 29.7 Å². The molecule has 2 heterocycles. The van der Waals surface area contributed by atoms with Crippen molar-refractivity contribution in [2.75, 3.05) is 14.2 Å². The summed E-state index contributed by atoms with van der Waals surface area (Å²) >= 11 is 0. The molecule has 2 aliphatic heterocycles. The van der Waals surface area contributed by atoms with E-state index in [9.17, 15) is 13.6 Å². The van der Waals surface area contributed by atoms with Gasteiger partial charge in [-0.1, -0.05) is 24.3 Å². The van der Waals surface area contributed by atoms with Crippen LogP contribution in [0.2, 0.25) is 0 Å². The van der Waals surface area contributed by atoms with Gasteiger partial charge in [0.05, 0.1) is 19.1 Å². The number of piperidine rings is 1. The summed E-state index contributed by atoms with van der Waals surface area (Å²) in [7, 11) is 3.45. The van der Waals surface area contributed by atoms with Crippen LogP contribution < -0.4 is 0 Å². The summed E-state index contributed by atoms with van der Waals surface area (Å²) in [4.78, 5) is 14.9. The van der Waals surface area contributed by atoms with Crippen LogP contribution in [0.15, 0.2) is 48.5 Å². The highest BCUT2D eigenvalue weighted by atomic mass is 19.1. The van der Waals surface area contributed by atoms with Crippen LogP contribution in [-0.4, -0.2) is 43.2 Å². The molecule has 0 N–H and O–H groups in total. The van der Waals surface area contributed by atoms with E-state index in [4.69, 9.17) is 9.47 Å². The van der Waals surface area contributed by atoms with E-state index in [0.29, 0.717) is 12.5 Å². The largest absolute Gasteiger partial charge is 0.469 e. The molecule has 0 spiro atoms. The Morgan fingerprint density at radius 1 is 1.00 bits per heavy atom. The number of benzene rings is 2. The van der Waals surface area contributed by atoms with Crippen LogP contribution in [0.5, 0.6) is 0 Å². The quantitative estimate of drug-likeness (QED) is 0.708. The Morgan fingerprint density at radius 3 is 2.07 bits per heavy atom. The number of ether oxygens (including phenoxy) is 2. The fourth-order valence-electron chi connectivity index (χ4n) is 4.81. The molecule has 154 valence electrons. The van der Waals surface area contributed by atoms with Gasteiger partial charge in [-0.2, -0.15) is 0 Å². The number of carbonyl (C=O) groups is 1. The molecular weight excluding hydrogens is 376 g/mol. The van der Waals surface area contributed by atoms with Crippen molar-refractivity contribution in [3.05, 3.63) is 71.3 Å². The first-order valence-corrected chi connectivity index (χ1v) is 9.94. The third-order valence-corrected chi connectivity index (χ3v) is 6.34. The lowest BCUT2D eigenvalue weighted by Gasteiger charge is -2.42. The van der Waals surface area contributed by atoms with Crippen molar-refractivity contribution in [3.63, 3.8) is 0 Å². The first-order valence-electron chi connectivity index (χ1n) is 9.94. The van der Waals surface area contributed by atoms with Crippen LogP contribution in [0.25, 0.3) is 0 Å². The van der Waals surface area contributed by atoms with E-state index in [0.717, 1.165) is 24.0 Å². The lowest BCUT2D eigenvalue weighted by Crippen LogP contribution is -2.53. The van der Waals surface area contributed by atoms with Gasteiger partial charge in [0.25, 0.3) is 0 Å². The number of fused-ring (bicyclic) bond motifs is 2. The molecule has 2 aromatic rings. The molecule has 0 unspecified atom stereocenters. The zero-order chi connectivity index (χ0) is 20.5. The minimum atomic E-state index is -0.531. The summed E-state index contributed by atoms with van der Waals surface area (Å²) in [5.74, 6) is -1.34. The second-order valence-electron chi connectivity index (χ2n) is 7.91. The van der Waals surface area contributed by atoms with Gasteiger partial charge in [0.15, 0.2) is 0 Å². The second kappa shape index (κ2) is 8.20. The molecule has 4 rings (SSSR count).